The SMILES string of the molecule is C=CC(=O)N[C@H](C)c1cc(-c2nc(-c3ccc4c(C)n(C)nc4c3)c3ccsc3c2-c2c(F)cc(F)cc2OC[C@H]2CC(=O)N(C)C2)n[nH]1. The molecule has 0 saturated carbocycles. The number of aromatic nitrogens is 5. The summed E-state index contributed by atoms with van der Waals surface area (Å²) in [5, 5.41) is 18.7. The minimum absolute atomic E-state index is 0.00208. The Bertz CT molecular complexity index is 2290. The van der Waals surface area contributed by atoms with Gasteiger partial charge in [-0.1, -0.05) is 18.7 Å². The Labute approximate surface area is 284 Å². The van der Waals surface area contributed by atoms with E-state index in [9.17, 15) is 14.0 Å². The summed E-state index contributed by atoms with van der Waals surface area (Å²) in [6.07, 6.45) is 1.47. The van der Waals surface area contributed by atoms with Gasteiger partial charge >= 0.3 is 0 Å². The summed E-state index contributed by atoms with van der Waals surface area (Å²) < 4.78 is 39.7. The van der Waals surface area contributed by atoms with Gasteiger partial charge in [-0.05, 0) is 43.5 Å². The van der Waals surface area contributed by atoms with Gasteiger partial charge in [-0.3, -0.25) is 19.4 Å². The number of carbonyl (C=O) groups excluding carboxylic acids is 2. The molecule has 1 saturated heterocycles. The Balaban J connectivity index is 1.43. The number of ether oxygens (including phenoxy) is 1. The lowest BCUT2D eigenvalue weighted by Gasteiger charge is -2.19. The van der Waals surface area contributed by atoms with Gasteiger partial charge in [-0.25, -0.2) is 13.8 Å². The summed E-state index contributed by atoms with van der Waals surface area (Å²) >= 11 is 1.39. The minimum atomic E-state index is -0.826. The summed E-state index contributed by atoms with van der Waals surface area (Å²) in [5.74, 6) is -2.11. The first kappa shape index (κ1) is 32.1. The number of likely N-dealkylation sites (tertiary alicyclic amines) is 1. The van der Waals surface area contributed by atoms with Crippen LogP contribution in [-0.2, 0) is 16.6 Å². The number of benzene rings is 2. The maximum absolute atomic E-state index is 16.2. The van der Waals surface area contributed by atoms with Crippen molar-refractivity contribution in [3.05, 3.63) is 83.5 Å². The minimum Gasteiger partial charge on any atom is -0.492 e. The number of H-pyrrole nitrogens is 1. The average Bonchev–Trinajstić information content (AvgIpc) is 3.87. The van der Waals surface area contributed by atoms with E-state index in [0.29, 0.717) is 39.6 Å². The molecule has 2 N–H and O–H groups in total. The molecule has 10 nitrogen and oxygen atoms in total. The average molecular weight is 682 g/mol. The van der Waals surface area contributed by atoms with E-state index in [1.807, 2.05) is 48.3 Å². The van der Waals surface area contributed by atoms with Crippen LogP contribution >= 0.6 is 11.3 Å². The number of rotatable bonds is 9. The Morgan fingerprint density at radius 2 is 1.98 bits per heavy atom. The van der Waals surface area contributed by atoms with Crippen molar-refractivity contribution >= 4 is 44.1 Å². The third kappa shape index (κ3) is 5.84. The van der Waals surface area contributed by atoms with E-state index in [0.717, 1.165) is 39.7 Å². The van der Waals surface area contributed by atoms with Crippen LogP contribution in [0, 0.1) is 24.5 Å². The monoisotopic (exact) mass is 681 g/mol. The molecule has 5 heterocycles. The normalized spacial score (nSPS) is 15.3. The molecular weight excluding hydrogens is 649 g/mol. The maximum atomic E-state index is 16.2. The highest BCUT2D eigenvalue weighted by atomic mass is 32.1. The molecule has 1 fully saturated rings. The summed E-state index contributed by atoms with van der Waals surface area (Å²) in [4.78, 5) is 31.0. The molecule has 0 spiro atoms. The predicted molar refractivity (Wildman–Crippen MR) is 185 cm³/mol. The van der Waals surface area contributed by atoms with Crippen molar-refractivity contribution in [1.82, 2.24) is 35.2 Å². The van der Waals surface area contributed by atoms with E-state index in [1.54, 1.807) is 24.9 Å². The fourth-order valence-corrected chi connectivity index (χ4v) is 7.30. The van der Waals surface area contributed by atoms with Gasteiger partial charge in [-0.15, -0.1) is 11.3 Å². The number of hydrogen-bond acceptors (Lipinski definition) is 7. The number of pyridine rings is 1. The zero-order valence-electron chi connectivity index (χ0n) is 27.3. The van der Waals surface area contributed by atoms with E-state index in [4.69, 9.17) is 9.72 Å². The maximum Gasteiger partial charge on any atom is 0.243 e. The molecule has 13 heteroatoms. The first-order chi connectivity index (χ1) is 23.5. The lowest BCUT2D eigenvalue weighted by atomic mass is 9.96. The number of amides is 2. The Morgan fingerprint density at radius 3 is 2.73 bits per heavy atom. The van der Waals surface area contributed by atoms with Crippen LogP contribution in [-0.4, -0.2) is 61.9 Å². The zero-order valence-corrected chi connectivity index (χ0v) is 28.1. The lowest BCUT2D eigenvalue weighted by Crippen LogP contribution is -2.24. The van der Waals surface area contributed by atoms with Gasteiger partial charge in [0.25, 0.3) is 0 Å². The second-order valence-corrected chi connectivity index (χ2v) is 13.3. The van der Waals surface area contributed by atoms with Gasteiger partial charge in [0.1, 0.15) is 28.8 Å². The third-order valence-electron chi connectivity index (χ3n) is 9.03. The highest BCUT2D eigenvalue weighted by molar-refractivity contribution is 7.18. The van der Waals surface area contributed by atoms with E-state index >= 15 is 4.39 Å². The number of fused-ring (bicyclic) bond motifs is 2. The van der Waals surface area contributed by atoms with Crippen LogP contribution in [0.1, 0.15) is 30.8 Å². The second-order valence-electron chi connectivity index (χ2n) is 12.3. The van der Waals surface area contributed by atoms with Crippen LogP contribution < -0.4 is 10.1 Å². The van der Waals surface area contributed by atoms with Crippen molar-refractivity contribution in [2.45, 2.75) is 26.3 Å². The molecule has 1 aliphatic rings. The number of nitrogens with zero attached hydrogens (tertiary/aromatic N) is 5. The predicted octanol–water partition coefficient (Wildman–Crippen LogP) is 6.71. The quantitative estimate of drug-likeness (QED) is 0.164. The summed E-state index contributed by atoms with van der Waals surface area (Å²) in [6.45, 7) is 7.90. The van der Waals surface area contributed by atoms with Crippen LogP contribution in [0.5, 0.6) is 5.75 Å². The number of halogens is 2. The zero-order chi connectivity index (χ0) is 34.6. The van der Waals surface area contributed by atoms with Crippen LogP contribution in [0.2, 0.25) is 0 Å². The standard InChI is InChI=1S/C36H33F2N7O3S/c1-6-30(46)39-18(2)26-15-28(42-41-26)35-33(32-25(38)13-22(37)14-29(32)48-17-20-11-31(47)44(4)16-20)36-24(9-10-49-36)34(40-35)21-7-8-23-19(3)45(5)43-27(23)12-21/h6-10,12-15,18,20H,1,11,16-17H2,2-5H3,(H,39,46)(H,41,42)/t18-,20+/m1/s1. The summed E-state index contributed by atoms with van der Waals surface area (Å²) in [5.41, 5.74) is 4.99. The highest BCUT2D eigenvalue weighted by Crippen LogP contribution is 2.47. The fraction of sp³-hybridized carbons (Fsp3) is 0.250. The molecule has 2 aromatic carbocycles. The molecule has 2 atom stereocenters. The number of aryl methyl sites for hydroxylation is 2. The number of thiophene rings is 1. The Hall–Kier alpha value is -5.43. The smallest absolute Gasteiger partial charge is 0.243 e. The molecule has 2 amide bonds. The van der Waals surface area contributed by atoms with E-state index in [2.05, 4.69) is 27.2 Å². The van der Waals surface area contributed by atoms with Crippen LogP contribution in [0.25, 0.3) is 54.8 Å². The first-order valence-electron chi connectivity index (χ1n) is 15.7. The van der Waals surface area contributed by atoms with Crippen molar-refractivity contribution in [2.75, 3.05) is 20.2 Å². The van der Waals surface area contributed by atoms with E-state index in [1.165, 1.54) is 17.4 Å². The molecule has 0 aliphatic carbocycles. The third-order valence-corrected chi connectivity index (χ3v) is 9.96. The van der Waals surface area contributed by atoms with Gasteiger partial charge in [-0.2, -0.15) is 10.2 Å². The van der Waals surface area contributed by atoms with Crippen molar-refractivity contribution in [3.63, 3.8) is 0 Å². The van der Waals surface area contributed by atoms with Crippen LogP contribution in [0.15, 0.2) is 60.5 Å². The number of hydrogen-bond donors (Lipinski definition) is 2. The second kappa shape index (κ2) is 12.5. The first-order valence-corrected chi connectivity index (χ1v) is 16.6. The molecule has 0 unspecified atom stereocenters. The Morgan fingerprint density at radius 1 is 1.16 bits per heavy atom. The van der Waals surface area contributed by atoms with Crippen molar-refractivity contribution < 1.29 is 23.1 Å². The topological polar surface area (TPSA) is 118 Å². The summed E-state index contributed by atoms with van der Waals surface area (Å²) in [6, 6.07) is 11.2. The summed E-state index contributed by atoms with van der Waals surface area (Å²) in [7, 11) is 3.61. The lowest BCUT2D eigenvalue weighted by molar-refractivity contribution is -0.126. The van der Waals surface area contributed by atoms with Gasteiger partial charge in [0, 0.05) is 77.4 Å². The Kier molecular flexibility index (Phi) is 8.23. The number of aromatic amines is 1. The molecule has 49 heavy (non-hydrogen) atoms. The number of nitrogens with one attached hydrogen (secondary N) is 2. The molecule has 1 aliphatic heterocycles. The molecule has 0 bridgehead atoms. The van der Waals surface area contributed by atoms with Gasteiger partial charge in [0.15, 0.2) is 0 Å². The van der Waals surface area contributed by atoms with Crippen molar-refractivity contribution in [1.29, 1.82) is 0 Å². The van der Waals surface area contributed by atoms with E-state index < -0.39 is 17.7 Å². The number of carbonyl (C=O) groups is 2. The molecule has 7 rings (SSSR count). The highest BCUT2D eigenvalue weighted by Gasteiger charge is 2.30. The van der Waals surface area contributed by atoms with Crippen LogP contribution in [0.4, 0.5) is 8.78 Å². The van der Waals surface area contributed by atoms with Gasteiger partial charge < -0.3 is 15.0 Å². The van der Waals surface area contributed by atoms with Crippen LogP contribution in [0.3, 0.4) is 0 Å². The molecule has 0 radical (unpaired) electrons. The van der Waals surface area contributed by atoms with Gasteiger partial charge in [0.2, 0.25) is 11.8 Å². The van der Waals surface area contributed by atoms with Gasteiger partial charge in [0.05, 0.1) is 35.1 Å². The van der Waals surface area contributed by atoms with Crippen molar-refractivity contribution in [3.8, 4) is 39.5 Å². The molecule has 6 aromatic rings. The largest absolute Gasteiger partial charge is 0.492 e. The molecular formula is C36H33F2N7O3S. The fourth-order valence-electron chi connectivity index (χ4n) is 6.35. The molecule has 250 valence electrons. The van der Waals surface area contributed by atoms with Crippen molar-refractivity contribution in [2.24, 2.45) is 13.0 Å². The van der Waals surface area contributed by atoms with E-state index in [-0.39, 0.29) is 42.1 Å². The molecule has 4 aromatic heterocycles.